The number of nitrogens with zero attached hydrogens (tertiary/aromatic N) is 1. The maximum Gasteiger partial charge on any atom is 0.305 e. The van der Waals surface area contributed by atoms with Gasteiger partial charge in [0.15, 0.2) is 0 Å². The minimum atomic E-state index is -0.886. The van der Waals surface area contributed by atoms with Crippen LogP contribution in [0.2, 0.25) is 0 Å². The van der Waals surface area contributed by atoms with E-state index >= 15 is 0 Å². The maximum atomic E-state index is 13.2. The van der Waals surface area contributed by atoms with Crippen LogP contribution in [0.1, 0.15) is 12.0 Å². The lowest BCUT2D eigenvalue weighted by molar-refractivity contribution is -0.140. The number of benzene rings is 1. The molecule has 1 fully saturated rings. The van der Waals surface area contributed by atoms with Crippen molar-refractivity contribution in [3.63, 3.8) is 0 Å². The molecule has 1 aliphatic rings. The second-order valence-electron chi connectivity index (χ2n) is 4.61. The number of aromatic hydroxyl groups is 1. The topological polar surface area (TPSA) is 70.0 Å². The van der Waals surface area contributed by atoms with E-state index in [2.05, 4.69) is 0 Å². The lowest BCUT2D eigenvalue weighted by atomic mass is 10.1. The smallest absolute Gasteiger partial charge is 0.305 e. The van der Waals surface area contributed by atoms with Gasteiger partial charge in [-0.2, -0.15) is 0 Å². The van der Waals surface area contributed by atoms with Gasteiger partial charge in [-0.3, -0.25) is 9.69 Å². The summed E-state index contributed by atoms with van der Waals surface area (Å²) in [7, 11) is 0. The number of morpholine rings is 1. The van der Waals surface area contributed by atoms with Gasteiger partial charge in [-0.1, -0.05) is 0 Å². The van der Waals surface area contributed by atoms with E-state index in [4.69, 9.17) is 9.84 Å². The molecule has 2 N–H and O–H groups in total. The van der Waals surface area contributed by atoms with E-state index in [0.717, 1.165) is 6.07 Å². The van der Waals surface area contributed by atoms with E-state index in [-0.39, 0.29) is 18.2 Å². The highest BCUT2D eigenvalue weighted by atomic mass is 19.1. The van der Waals surface area contributed by atoms with Crippen LogP contribution in [-0.2, 0) is 16.1 Å². The highest BCUT2D eigenvalue weighted by molar-refractivity contribution is 5.67. The highest BCUT2D eigenvalue weighted by Crippen LogP contribution is 2.19. The summed E-state index contributed by atoms with van der Waals surface area (Å²) in [5.41, 5.74) is 0.620. The van der Waals surface area contributed by atoms with Gasteiger partial charge in [0.25, 0.3) is 0 Å². The van der Waals surface area contributed by atoms with Crippen LogP contribution in [0.25, 0.3) is 0 Å². The minimum absolute atomic E-state index is 0.0126. The van der Waals surface area contributed by atoms with E-state index in [9.17, 15) is 14.3 Å². The molecule has 0 spiro atoms. The molecule has 0 bridgehead atoms. The molecule has 1 heterocycles. The second kappa shape index (κ2) is 5.99. The SMILES string of the molecule is O=C(O)CC1COCCN1Cc1cc(O)cc(F)c1. The Labute approximate surface area is 110 Å². The third-order valence-corrected chi connectivity index (χ3v) is 3.09. The summed E-state index contributed by atoms with van der Waals surface area (Å²) in [6.07, 6.45) is -0.0126. The first-order chi connectivity index (χ1) is 9.04. The molecule has 1 atom stereocenters. The fraction of sp³-hybridized carbons (Fsp3) is 0.462. The quantitative estimate of drug-likeness (QED) is 0.859. The number of carbonyl (C=O) groups is 1. The van der Waals surface area contributed by atoms with Crippen molar-refractivity contribution in [2.45, 2.75) is 19.0 Å². The summed E-state index contributed by atoms with van der Waals surface area (Å²) in [4.78, 5) is 12.7. The van der Waals surface area contributed by atoms with Gasteiger partial charge in [-0.15, -0.1) is 0 Å². The Hall–Kier alpha value is -1.66. The zero-order valence-corrected chi connectivity index (χ0v) is 10.4. The van der Waals surface area contributed by atoms with Crippen molar-refractivity contribution in [1.29, 1.82) is 0 Å². The van der Waals surface area contributed by atoms with Crippen molar-refractivity contribution in [2.75, 3.05) is 19.8 Å². The van der Waals surface area contributed by atoms with Gasteiger partial charge in [0.2, 0.25) is 0 Å². The van der Waals surface area contributed by atoms with E-state index in [1.54, 1.807) is 0 Å². The number of rotatable bonds is 4. The fourth-order valence-electron chi connectivity index (χ4n) is 2.25. The number of phenolic OH excluding ortho intramolecular Hbond substituents is 1. The molecule has 0 radical (unpaired) electrons. The summed E-state index contributed by atoms with van der Waals surface area (Å²) >= 11 is 0. The Morgan fingerprint density at radius 1 is 1.47 bits per heavy atom. The van der Waals surface area contributed by atoms with Crippen molar-refractivity contribution in [2.24, 2.45) is 0 Å². The molecule has 104 valence electrons. The molecule has 2 rings (SSSR count). The van der Waals surface area contributed by atoms with Gasteiger partial charge in [0.1, 0.15) is 11.6 Å². The summed E-state index contributed by atoms with van der Waals surface area (Å²) in [5.74, 6) is -1.52. The Morgan fingerprint density at radius 2 is 2.26 bits per heavy atom. The molecule has 6 heteroatoms. The van der Waals surface area contributed by atoms with Crippen molar-refractivity contribution < 1.29 is 24.1 Å². The zero-order chi connectivity index (χ0) is 13.8. The van der Waals surface area contributed by atoms with Crippen molar-refractivity contribution in [3.05, 3.63) is 29.6 Å². The molecule has 0 aromatic heterocycles. The minimum Gasteiger partial charge on any atom is -0.508 e. The van der Waals surface area contributed by atoms with Crippen LogP contribution < -0.4 is 0 Å². The molecule has 5 nitrogen and oxygen atoms in total. The maximum absolute atomic E-state index is 13.2. The molecule has 19 heavy (non-hydrogen) atoms. The Balaban J connectivity index is 2.08. The van der Waals surface area contributed by atoms with Gasteiger partial charge >= 0.3 is 5.97 Å². The molecule has 1 aliphatic heterocycles. The van der Waals surface area contributed by atoms with Crippen LogP contribution in [0.4, 0.5) is 4.39 Å². The first-order valence-corrected chi connectivity index (χ1v) is 6.06. The zero-order valence-electron chi connectivity index (χ0n) is 10.4. The van der Waals surface area contributed by atoms with Crippen LogP contribution in [0.3, 0.4) is 0 Å². The summed E-state index contributed by atoms with van der Waals surface area (Å²) in [6, 6.07) is 3.64. The standard InChI is InChI=1S/C13H16FNO4/c14-10-3-9(4-12(16)5-10)7-15-1-2-19-8-11(15)6-13(17)18/h3-5,11,16H,1-2,6-8H2,(H,17,18). The first-order valence-electron chi connectivity index (χ1n) is 6.06. The Bertz CT molecular complexity index is 446. The largest absolute Gasteiger partial charge is 0.508 e. The van der Waals surface area contributed by atoms with E-state index in [1.165, 1.54) is 12.1 Å². The molecule has 0 saturated carbocycles. The van der Waals surface area contributed by atoms with Gasteiger partial charge in [0, 0.05) is 25.2 Å². The fourth-order valence-corrected chi connectivity index (χ4v) is 2.25. The number of phenols is 1. The monoisotopic (exact) mass is 269 g/mol. The normalized spacial score (nSPS) is 20.4. The van der Waals surface area contributed by atoms with E-state index in [1.807, 2.05) is 4.90 Å². The Kier molecular flexibility index (Phi) is 4.34. The number of carboxylic acids is 1. The molecule has 0 aliphatic carbocycles. The van der Waals surface area contributed by atoms with Crippen LogP contribution in [0, 0.1) is 5.82 Å². The first kappa shape index (κ1) is 13.8. The molecular weight excluding hydrogens is 253 g/mol. The molecule has 1 unspecified atom stereocenters. The summed E-state index contributed by atoms with van der Waals surface area (Å²) in [5, 5.41) is 18.2. The molecule has 1 saturated heterocycles. The van der Waals surface area contributed by atoms with E-state index in [0.29, 0.717) is 31.9 Å². The molecular formula is C13H16FNO4. The highest BCUT2D eigenvalue weighted by Gasteiger charge is 2.25. The third kappa shape index (κ3) is 3.90. The summed E-state index contributed by atoms with van der Waals surface area (Å²) < 4.78 is 18.5. The average molecular weight is 269 g/mol. The molecule has 0 amide bonds. The predicted octanol–water partition coefficient (Wildman–Crippen LogP) is 1.21. The van der Waals surface area contributed by atoms with Gasteiger partial charge in [-0.05, 0) is 17.7 Å². The number of carboxylic acid groups (broad SMARTS) is 1. The average Bonchev–Trinajstić information content (AvgIpc) is 2.29. The van der Waals surface area contributed by atoms with Crippen LogP contribution in [0.15, 0.2) is 18.2 Å². The Morgan fingerprint density at radius 3 is 2.95 bits per heavy atom. The lowest BCUT2D eigenvalue weighted by Crippen LogP contribution is -2.45. The van der Waals surface area contributed by atoms with Crippen molar-refractivity contribution in [3.8, 4) is 5.75 Å². The van der Waals surface area contributed by atoms with Crippen LogP contribution >= 0.6 is 0 Å². The van der Waals surface area contributed by atoms with Crippen molar-refractivity contribution >= 4 is 5.97 Å². The number of halogens is 1. The number of ether oxygens (including phenoxy) is 1. The van der Waals surface area contributed by atoms with Gasteiger partial charge in [0.05, 0.1) is 19.6 Å². The van der Waals surface area contributed by atoms with Gasteiger partial charge in [-0.25, -0.2) is 4.39 Å². The number of hydrogen-bond donors (Lipinski definition) is 2. The van der Waals surface area contributed by atoms with E-state index < -0.39 is 11.8 Å². The predicted molar refractivity (Wildman–Crippen MR) is 65.3 cm³/mol. The number of aliphatic carboxylic acids is 1. The van der Waals surface area contributed by atoms with Crippen molar-refractivity contribution in [1.82, 2.24) is 4.90 Å². The number of hydrogen-bond acceptors (Lipinski definition) is 4. The van der Waals surface area contributed by atoms with Crippen LogP contribution in [-0.4, -0.2) is 46.9 Å². The molecule has 1 aromatic rings. The lowest BCUT2D eigenvalue weighted by Gasteiger charge is -2.34. The molecule has 1 aromatic carbocycles. The third-order valence-electron chi connectivity index (χ3n) is 3.09. The second-order valence-corrected chi connectivity index (χ2v) is 4.61. The summed E-state index contributed by atoms with van der Waals surface area (Å²) in [6.45, 7) is 1.87. The van der Waals surface area contributed by atoms with Gasteiger partial charge < -0.3 is 14.9 Å². The van der Waals surface area contributed by atoms with Crippen LogP contribution in [0.5, 0.6) is 5.75 Å².